The summed E-state index contributed by atoms with van der Waals surface area (Å²) in [5, 5.41) is 2.19. The maximum atomic E-state index is 12.8. The summed E-state index contributed by atoms with van der Waals surface area (Å²) >= 11 is 5.85. The van der Waals surface area contributed by atoms with Crippen LogP contribution in [0.1, 0.15) is 12.0 Å². The Balaban J connectivity index is 1.48. The molecule has 2 aliphatic carbocycles. The zero-order valence-electron chi connectivity index (χ0n) is 13.8. The molecule has 27 heavy (non-hydrogen) atoms. The lowest BCUT2D eigenvalue weighted by molar-refractivity contribution is -0.143. The number of alkyl halides is 3. The van der Waals surface area contributed by atoms with Crippen LogP contribution in [0.3, 0.4) is 0 Å². The molecule has 1 aromatic rings. The van der Waals surface area contributed by atoms with Gasteiger partial charge in [-0.1, -0.05) is 23.8 Å². The van der Waals surface area contributed by atoms with Crippen LogP contribution in [-0.2, 0) is 20.6 Å². The number of amides is 3. The third-order valence-corrected chi connectivity index (χ3v) is 5.76. The molecule has 0 spiro atoms. The number of halogens is 4. The van der Waals surface area contributed by atoms with Crippen molar-refractivity contribution in [3.05, 3.63) is 40.9 Å². The smallest absolute Gasteiger partial charge is 0.323 e. The molecule has 4 rings (SSSR count). The summed E-state index contributed by atoms with van der Waals surface area (Å²) in [6.07, 6.45) is 0.0490. The fraction of sp³-hybridized carbons (Fsp3) is 0.389. The monoisotopic (exact) mass is 398 g/mol. The van der Waals surface area contributed by atoms with Crippen LogP contribution in [0.25, 0.3) is 0 Å². The van der Waals surface area contributed by atoms with E-state index in [1.807, 2.05) is 12.2 Å². The summed E-state index contributed by atoms with van der Waals surface area (Å²) < 4.78 is 38.5. The SMILES string of the molecule is O=C(CN1C(=O)[C@@H]2[C@@H](C1=O)[C@H]1C=C[C@H]2C1)Nc1cc(C(F)(F)F)ccc1Cl. The number of anilines is 1. The number of likely N-dealkylation sites (tertiary alicyclic amines) is 1. The summed E-state index contributed by atoms with van der Waals surface area (Å²) in [5.74, 6) is -2.41. The highest BCUT2D eigenvalue weighted by molar-refractivity contribution is 6.33. The van der Waals surface area contributed by atoms with E-state index in [9.17, 15) is 27.6 Å². The number of rotatable bonds is 3. The zero-order valence-corrected chi connectivity index (χ0v) is 14.6. The molecule has 0 unspecified atom stereocenters. The fourth-order valence-electron chi connectivity index (χ4n) is 4.25. The second kappa shape index (κ2) is 6.09. The van der Waals surface area contributed by atoms with Crippen molar-refractivity contribution in [1.82, 2.24) is 4.90 Å². The Morgan fingerprint density at radius 3 is 2.30 bits per heavy atom. The van der Waals surface area contributed by atoms with Crippen LogP contribution < -0.4 is 5.32 Å². The van der Waals surface area contributed by atoms with E-state index in [1.54, 1.807) is 0 Å². The number of allylic oxidation sites excluding steroid dienone is 2. The molecule has 3 amide bonds. The highest BCUT2D eigenvalue weighted by Gasteiger charge is 2.59. The van der Waals surface area contributed by atoms with E-state index in [1.165, 1.54) is 0 Å². The van der Waals surface area contributed by atoms with Gasteiger partial charge in [0.1, 0.15) is 6.54 Å². The number of carbonyl (C=O) groups excluding carboxylic acids is 3. The standard InChI is InChI=1S/C18H14ClF3N2O3/c19-11-4-3-10(18(20,21)22)6-12(11)23-13(25)7-24-16(26)14-8-1-2-9(5-8)15(14)17(24)27/h1-4,6,8-9,14-15H,5,7H2,(H,23,25)/t8-,9-,14-,15-/m0/s1. The fourth-order valence-corrected chi connectivity index (χ4v) is 4.42. The quantitative estimate of drug-likeness (QED) is 0.628. The van der Waals surface area contributed by atoms with E-state index >= 15 is 0 Å². The lowest BCUT2D eigenvalue weighted by Crippen LogP contribution is -2.39. The van der Waals surface area contributed by atoms with E-state index in [4.69, 9.17) is 11.6 Å². The van der Waals surface area contributed by atoms with E-state index < -0.39 is 47.8 Å². The second-order valence-electron chi connectivity index (χ2n) is 7.00. The Morgan fingerprint density at radius 2 is 1.74 bits per heavy atom. The van der Waals surface area contributed by atoms with Gasteiger partial charge in [0.15, 0.2) is 0 Å². The molecule has 0 radical (unpaired) electrons. The van der Waals surface area contributed by atoms with Crippen LogP contribution in [0, 0.1) is 23.7 Å². The van der Waals surface area contributed by atoms with E-state index in [2.05, 4.69) is 5.32 Å². The molecule has 1 aromatic carbocycles. The highest BCUT2D eigenvalue weighted by atomic mass is 35.5. The maximum absolute atomic E-state index is 12.8. The number of benzene rings is 1. The van der Waals surface area contributed by atoms with Crippen molar-refractivity contribution in [2.45, 2.75) is 12.6 Å². The Hall–Kier alpha value is -2.35. The van der Waals surface area contributed by atoms with Gasteiger partial charge >= 0.3 is 6.18 Å². The predicted octanol–water partition coefficient (Wildman–Crippen LogP) is 3.10. The second-order valence-corrected chi connectivity index (χ2v) is 7.41. The summed E-state index contributed by atoms with van der Waals surface area (Å²) in [6.45, 7) is -0.545. The van der Waals surface area contributed by atoms with Crippen molar-refractivity contribution < 1.29 is 27.6 Å². The third-order valence-electron chi connectivity index (χ3n) is 5.43. The van der Waals surface area contributed by atoms with Crippen molar-refractivity contribution in [1.29, 1.82) is 0 Å². The molecule has 9 heteroatoms. The van der Waals surface area contributed by atoms with Gasteiger partial charge in [-0.05, 0) is 36.5 Å². The van der Waals surface area contributed by atoms with Crippen molar-refractivity contribution >= 4 is 35.0 Å². The minimum Gasteiger partial charge on any atom is -0.323 e. The molecule has 142 valence electrons. The molecule has 1 N–H and O–H groups in total. The van der Waals surface area contributed by atoms with Gasteiger partial charge in [0.25, 0.3) is 0 Å². The molecule has 5 nitrogen and oxygen atoms in total. The minimum atomic E-state index is -4.59. The normalized spacial score (nSPS) is 28.8. The first-order valence-corrected chi connectivity index (χ1v) is 8.75. The van der Waals surface area contributed by atoms with E-state index in [-0.39, 0.29) is 22.5 Å². The molecular weight excluding hydrogens is 385 g/mol. The number of hydrogen-bond donors (Lipinski definition) is 1. The first-order valence-electron chi connectivity index (χ1n) is 8.37. The first-order chi connectivity index (χ1) is 12.7. The van der Waals surface area contributed by atoms with Crippen molar-refractivity contribution in [2.24, 2.45) is 23.7 Å². The maximum Gasteiger partial charge on any atom is 0.416 e. The predicted molar refractivity (Wildman–Crippen MR) is 89.5 cm³/mol. The zero-order chi connectivity index (χ0) is 19.5. The molecule has 1 saturated carbocycles. The topological polar surface area (TPSA) is 66.5 Å². The number of hydrogen-bond acceptors (Lipinski definition) is 3. The highest BCUT2D eigenvalue weighted by Crippen LogP contribution is 2.52. The van der Waals surface area contributed by atoms with Crippen molar-refractivity contribution in [2.75, 3.05) is 11.9 Å². The van der Waals surface area contributed by atoms with Gasteiger partial charge < -0.3 is 5.32 Å². The van der Waals surface area contributed by atoms with Gasteiger partial charge in [-0.15, -0.1) is 0 Å². The number of imide groups is 1. The van der Waals surface area contributed by atoms with Gasteiger partial charge in [-0.2, -0.15) is 13.2 Å². The van der Waals surface area contributed by atoms with Gasteiger partial charge in [0, 0.05) is 0 Å². The minimum absolute atomic E-state index is 0.0161. The summed E-state index contributed by atoms with van der Waals surface area (Å²) in [7, 11) is 0. The average molecular weight is 399 g/mol. The summed E-state index contributed by atoms with van der Waals surface area (Å²) in [5.41, 5.74) is -1.19. The van der Waals surface area contributed by atoms with E-state index in [0.717, 1.165) is 23.5 Å². The first kappa shape index (κ1) is 18.0. The van der Waals surface area contributed by atoms with E-state index in [0.29, 0.717) is 6.07 Å². The summed E-state index contributed by atoms with van der Waals surface area (Å²) in [4.78, 5) is 38.2. The Kier molecular flexibility index (Phi) is 4.06. The number of nitrogens with zero attached hydrogens (tertiary/aromatic N) is 1. The Morgan fingerprint density at radius 1 is 1.15 bits per heavy atom. The average Bonchev–Trinajstić information content (AvgIpc) is 3.26. The molecule has 1 saturated heterocycles. The lowest BCUT2D eigenvalue weighted by atomic mass is 9.85. The molecule has 0 aromatic heterocycles. The lowest BCUT2D eigenvalue weighted by Gasteiger charge is -2.17. The summed E-state index contributed by atoms with van der Waals surface area (Å²) in [6, 6.07) is 2.54. The largest absolute Gasteiger partial charge is 0.416 e. The Bertz CT molecular complexity index is 853. The molecule has 3 aliphatic rings. The molecule has 2 fully saturated rings. The van der Waals surface area contributed by atoms with Gasteiger partial charge in [-0.3, -0.25) is 19.3 Å². The van der Waals surface area contributed by atoms with Crippen LogP contribution in [0.15, 0.2) is 30.4 Å². The third kappa shape index (κ3) is 2.92. The van der Waals surface area contributed by atoms with Crippen LogP contribution in [-0.4, -0.2) is 29.2 Å². The number of nitrogens with one attached hydrogen (secondary N) is 1. The van der Waals surface area contributed by atoms with Crippen molar-refractivity contribution in [3.8, 4) is 0 Å². The van der Waals surface area contributed by atoms with Crippen LogP contribution in [0.5, 0.6) is 0 Å². The van der Waals surface area contributed by atoms with Crippen molar-refractivity contribution in [3.63, 3.8) is 0 Å². The molecule has 1 aliphatic heterocycles. The van der Waals surface area contributed by atoms with Gasteiger partial charge in [0.2, 0.25) is 17.7 Å². The van der Waals surface area contributed by atoms with Gasteiger partial charge in [-0.25, -0.2) is 0 Å². The molecule has 4 atom stereocenters. The van der Waals surface area contributed by atoms with Crippen LogP contribution >= 0.6 is 11.6 Å². The molecular formula is C18H14ClF3N2O3. The number of carbonyl (C=O) groups is 3. The van der Waals surface area contributed by atoms with Gasteiger partial charge in [0.05, 0.1) is 28.1 Å². The molecule has 1 heterocycles. The number of fused-ring (bicyclic) bond motifs is 5. The molecule has 2 bridgehead atoms. The van der Waals surface area contributed by atoms with Crippen LogP contribution in [0.4, 0.5) is 18.9 Å². The van der Waals surface area contributed by atoms with Crippen LogP contribution in [0.2, 0.25) is 5.02 Å². The Labute approximate surface area is 157 Å².